The first-order chi connectivity index (χ1) is 19.9. The number of likely N-dealkylation sites (tertiary alicyclic amines) is 1. The summed E-state index contributed by atoms with van der Waals surface area (Å²) in [5.41, 5.74) is 5.49. The first kappa shape index (κ1) is 27.7. The highest BCUT2D eigenvalue weighted by atomic mass is 16.5. The highest BCUT2D eigenvalue weighted by Crippen LogP contribution is 2.50. The van der Waals surface area contributed by atoms with Gasteiger partial charge >= 0.3 is 6.01 Å². The van der Waals surface area contributed by atoms with E-state index in [4.69, 9.17) is 14.7 Å². The van der Waals surface area contributed by atoms with Crippen LogP contribution in [0.5, 0.6) is 6.01 Å². The van der Waals surface area contributed by atoms with Gasteiger partial charge in [-0.1, -0.05) is 37.8 Å². The number of ether oxygens (including phenoxy) is 1. The number of piperazine rings is 1. The third-order valence-corrected chi connectivity index (χ3v) is 10.0. The fourth-order valence-electron chi connectivity index (χ4n) is 7.89. The fourth-order valence-corrected chi connectivity index (χ4v) is 7.89. The van der Waals surface area contributed by atoms with Crippen molar-refractivity contribution < 1.29 is 9.53 Å². The predicted molar refractivity (Wildman–Crippen MR) is 159 cm³/mol. The van der Waals surface area contributed by atoms with Gasteiger partial charge in [0.1, 0.15) is 12.4 Å². The first-order valence-corrected chi connectivity index (χ1v) is 15.3. The molecular weight excluding hydrogens is 512 g/mol. The average Bonchev–Trinajstić information content (AvgIpc) is 3.39. The Morgan fingerprint density at radius 3 is 2.85 bits per heavy atom. The lowest BCUT2D eigenvalue weighted by Gasteiger charge is -2.45. The molecule has 4 aliphatic rings. The molecule has 1 aromatic carbocycles. The van der Waals surface area contributed by atoms with Crippen LogP contribution in [0.25, 0.3) is 0 Å². The molecule has 6 rings (SSSR count). The molecule has 2 aliphatic carbocycles. The van der Waals surface area contributed by atoms with E-state index in [2.05, 4.69) is 60.7 Å². The van der Waals surface area contributed by atoms with Gasteiger partial charge in [0.2, 0.25) is 5.91 Å². The van der Waals surface area contributed by atoms with Gasteiger partial charge in [-0.25, -0.2) is 0 Å². The predicted octanol–water partition coefficient (Wildman–Crippen LogP) is 4.29. The molecular formula is C33H42N6O2. The average molecular weight is 555 g/mol. The van der Waals surface area contributed by atoms with Gasteiger partial charge in [-0.15, -0.1) is 0 Å². The summed E-state index contributed by atoms with van der Waals surface area (Å²) in [5, 5.41) is 9.53. The maximum absolute atomic E-state index is 12.5. The van der Waals surface area contributed by atoms with Gasteiger partial charge in [0.25, 0.3) is 0 Å². The number of fused-ring (bicyclic) bond motifs is 2. The zero-order chi connectivity index (χ0) is 28.6. The number of aromatic nitrogens is 2. The van der Waals surface area contributed by atoms with Crippen molar-refractivity contribution in [2.24, 2.45) is 5.41 Å². The summed E-state index contributed by atoms with van der Waals surface area (Å²) in [7, 11) is 2.16. The Bertz CT molecular complexity index is 1350. The Morgan fingerprint density at radius 1 is 1.22 bits per heavy atom. The topological polar surface area (TPSA) is 85.6 Å². The van der Waals surface area contributed by atoms with Crippen molar-refractivity contribution >= 4 is 11.7 Å². The number of nitriles is 1. The minimum atomic E-state index is -0.202. The van der Waals surface area contributed by atoms with E-state index in [1.807, 2.05) is 0 Å². The van der Waals surface area contributed by atoms with Crippen molar-refractivity contribution in [1.29, 1.82) is 5.26 Å². The van der Waals surface area contributed by atoms with Crippen LogP contribution in [0.3, 0.4) is 0 Å². The maximum Gasteiger partial charge on any atom is 0.318 e. The monoisotopic (exact) mass is 554 g/mol. The van der Waals surface area contributed by atoms with E-state index in [0.29, 0.717) is 44.2 Å². The summed E-state index contributed by atoms with van der Waals surface area (Å²) in [4.78, 5) is 29.1. The summed E-state index contributed by atoms with van der Waals surface area (Å²) in [6.45, 7) is 9.48. The number of nitrogens with zero attached hydrogens (tertiary/aromatic N) is 6. The molecule has 2 aliphatic heterocycles. The molecule has 41 heavy (non-hydrogen) atoms. The molecule has 2 fully saturated rings. The Balaban J connectivity index is 1.32. The molecule has 8 heteroatoms. The molecule has 0 saturated carbocycles. The lowest BCUT2D eigenvalue weighted by atomic mass is 9.61. The van der Waals surface area contributed by atoms with E-state index in [9.17, 15) is 10.1 Å². The molecule has 216 valence electrons. The van der Waals surface area contributed by atoms with E-state index >= 15 is 0 Å². The third kappa shape index (κ3) is 5.44. The highest BCUT2D eigenvalue weighted by Gasteiger charge is 2.42. The van der Waals surface area contributed by atoms with Crippen LogP contribution in [0.15, 0.2) is 36.9 Å². The second kappa shape index (κ2) is 11.4. The molecule has 4 unspecified atom stereocenters. The molecule has 8 nitrogen and oxygen atoms in total. The SMILES string of the molecule is C=CC(=O)N1CCN(c2nc(OCC3CCCN3C)nc3c2CCC2(Cc4ccccc4C(C)C2)C3)CC1CC#N. The number of rotatable bonds is 6. The summed E-state index contributed by atoms with van der Waals surface area (Å²) in [5.74, 6) is 1.34. The van der Waals surface area contributed by atoms with Crippen molar-refractivity contribution in [2.75, 3.05) is 44.7 Å². The van der Waals surface area contributed by atoms with Crippen LogP contribution in [0.2, 0.25) is 0 Å². The first-order valence-electron chi connectivity index (χ1n) is 15.3. The van der Waals surface area contributed by atoms with Crippen LogP contribution in [0, 0.1) is 16.7 Å². The van der Waals surface area contributed by atoms with Crippen LogP contribution in [-0.4, -0.2) is 77.6 Å². The molecule has 0 radical (unpaired) electrons. The number of hydrogen-bond acceptors (Lipinski definition) is 7. The van der Waals surface area contributed by atoms with Gasteiger partial charge < -0.3 is 19.4 Å². The lowest BCUT2D eigenvalue weighted by molar-refractivity contribution is -0.128. The summed E-state index contributed by atoms with van der Waals surface area (Å²) < 4.78 is 6.34. The Labute approximate surface area is 244 Å². The van der Waals surface area contributed by atoms with Gasteiger partial charge in [-0.3, -0.25) is 4.79 Å². The lowest BCUT2D eigenvalue weighted by Crippen LogP contribution is -2.55. The zero-order valence-corrected chi connectivity index (χ0v) is 24.5. The van der Waals surface area contributed by atoms with Crippen molar-refractivity contribution in [3.05, 3.63) is 59.3 Å². The Morgan fingerprint density at radius 2 is 2.07 bits per heavy atom. The molecule has 1 aromatic heterocycles. The normalized spacial score (nSPS) is 27.7. The van der Waals surface area contributed by atoms with Crippen LogP contribution >= 0.6 is 0 Å². The van der Waals surface area contributed by atoms with E-state index in [-0.39, 0.29) is 23.8 Å². The molecule has 4 atom stereocenters. The van der Waals surface area contributed by atoms with Crippen LogP contribution in [-0.2, 0) is 24.1 Å². The molecule has 0 N–H and O–H groups in total. The minimum absolute atomic E-state index is 0.118. The number of amides is 1. The largest absolute Gasteiger partial charge is 0.462 e. The van der Waals surface area contributed by atoms with Crippen molar-refractivity contribution in [1.82, 2.24) is 19.8 Å². The van der Waals surface area contributed by atoms with Crippen molar-refractivity contribution in [2.45, 2.75) is 76.3 Å². The van der Waals surface area contributed by atoms with E-state index in [0.717, 1.165) is 50.2 Å². The van der Waals surface area contributed by atoms with Gasteiger partial charge in [-0.05, 0) is 87.1 Å². The van der Waals surface area contributed by atoms with Crippen LogP contribution < -0.4 is 9.64 Å². The third-order valence-electron chi connectivity index (χ3n) is 10.0. The van der Waals surface area contributed by atoms with Gasteiger partial charge in [0.05, 0.1) is 24.2 Å². The molecule has 2 aromatic rings. The number of carbonyl (C=O) groups excluding carboxylic acids is 1. The maximum atomic E-state index is 12.5. The number of carbonyl (C=O) groups is 1. The minimum Gasteiger partial charge on any atom is -0.462 e. The second-order valence-corrected chi connectivity index (χ2v) is 12.7. The van der Waals surface area contributed by atoms with Crippen LogP contribution in [0.4, 0.5) is 5.82 Å². The highest BCUT2D eigenvalue weighted by molar-refractivity contribution is 5.87. The molecule has 1 spiro atoms. The van der Waals surface area contributed by atoms with Crippen molar-refractivity contribution in [3.63, 3.8) is 0 Å². The fraction of sp³-hybridized carbons (Fsp3) is 0.576. The number of benzene rings is 1. The molecule has 0 bridgehead atoms. The molecule has 2 saturated heterocycles. The standard InChI is InChI=1S/C33H42N6O2/c1-4-30(40)39-17-16-38(21-25(39)12-14-34)31-28-11-13-33(18-23(2)27-10-6-5-8-24(27)19-33)20-29(28)35-32(36-31)41-22-26-9-7-15-37(26)3/h4-6,8,10,23,25-26H,1,7,9,11-13,15-22H2,2-3H3. The van der Waals surface area contributed by atoms with Crippen LogP contribution in [0.1, 0.15) is 67.3 Å². The number of anilines is 1. The smallest absolute Gasteiger partial charge is 0.318 e. The quantitative estimate of drug-likeness (QED) is 0.493. The van der Waals surface area contributed by atoms with E-state index in [1.165, 1.54) is 35.6 Å². The molecule has 3 heterocycles. The number of hydrogen-bond donors (Lipinski definition) is 0. The zero-order valence-electron chi connectivity index (χ0n) is 24.5. The molecule has 1 amide bonds. The van der Waals surface area contributed by atoms with Gasteiger partial charge in [0, 0.05) is 31.2 Å². The van der Waals surface area contributed by atoms with Crippen molar-refractivity contribution in [3.8, 4) is 12.1 Å². The Kier molecular flexibility index (Phi) is 7.74. The summed E-state index contributed by atoms with van der Waals surface area (Å²) >= 11 is 0. The Hall–Kier alpha value is -3.44. The summed E-state index contributed by atoms with van der Waals surface area (Å²) in [6.07, 6.45) is 9.16. The van der Waals surface area contributed by atoms with Gasteiger partial charge in [-0.2, -0.15) is 15.2 Å². The summed E-state index contributed by atoms with van der Waals surface area (Å²) in [6, 6.07) is 11.9. The van der Waals surface area contributed by atoms with E-state index in [1.54, 1.807) is 4.90 Å². The second-order valence-electron chi connectivity index (χ2n) is 12.7. The van der Waals surface area contributed by atoms with E-state index < -0.39 is 0 Å². The van der Waals surface area contributed by atoms with Gasteiger partial charge in [0.15, 0.2) is 0 Å². The number of likely N-dealkylation sites (N-methyl/N-ethyl adjacent to an activating group) is 1.